The van der Waals surface area contributed by atoms with Crippen molar-refractivity contribution in [3.63, 3.8) is 0 Å². The molecule has 0 fully saturated rings. The molecule has 3 N–H and O–H groups in total. The van der Waals surface area contributed by atoms with Gasteiger partial charge in [0.2, 0.25) is 10.0 Å². The predicted octanol–water partition coefficient (Wildman–Crippen LogP) is 1.36. The lowest BCUT2D eigenvalue weighted by Crippen LogP contribution is -2.42. The average Bonchev–Trinajstić information content (AvgIpc) is 2.23. The van der Waals surface area contributed by atoms with E-state index in [0.29, 0.717) is 0 Å². The molecule has 0 radical (unpaired) electrons. The second-order valence-electron chi connectivity index (χ2n) is 5.28. The Morgan fingerprint density at radius 3 is 2.37 bits per heavy atom. The Balaban J connectivity index is 3.21. The minimum atomic E-state index is -3.68. The molecule has 1 rings (SSSR count). The zero-order valence-corrected chi connectivity index (χ0v) is 12.7. The number of benzene rings is 1. The molecule has 0 amide bonds. The molecule has 1 aromatic carbocycles. The molecule has 0 aromatic heterocycles. The normalized spacial score (nSPS) is 12.9. The van der Waals surface area contributed by atoms with Gasteiger partial charge in [-0.05, 0) is 38.5 Å². The van der Waals surface area contributed by atoms with Crippen molar-refractivity contribution < 1.29 is 13.5 Å². The number of hydrogen-bond acceptors (Lipinski definition) is 4. The highest BCUT2D eigenvalue weighted by Gasteiger charge is 2.29. The Morgan fingerprint density at radius 2 is 1.95 bits per heavy atom. The van der Waals surface area contributed by atoms with Crippen LogP contribution in [0.2, 0.25) is 0 Å². The fourth-order valence-corrected chi connectivity index (χ4v) is 3.54. The molecule has 0 atom stereocenters. The lowest BCUT2D eigenvalue weighted by atomic mass is 10.1. The first kappa shape index (κ1) is 15.9. The summed E-state index contributed by atoms with van der Waals surface area (Å²) in [6.45, 7) is 7.03. The zero-order chi connectivity index (χ0) is 14.8. The van der Waals surface area contributed by atoms with Crippen LogP contribution in [-0.4, -0.2) is 36.5 Å². The first-order chi connectivity index (χ1) is 8.58. The molecule has 108 valence electrons. The van der Waals surface area contributed by atoms with E-state index in [-0.39, 0.29) is 23.7 Å². The number of sulfonamides is 1. The molecule has 0 aliphatic rings. The summed E-state index contributed by atoms with van der Waals surface area (Å²) in [5.41, 5.74) is 5.84. The highest BCUT2D eigenvalue weighted by molar-refractivity contribution is 7.89. The summed E-state index contributed by atoms with van der Waals surface area (Å²) in [5, 5.41) is 9.81. The van der Waals surface area contributed by atoms with Crippen LogP contribution in [0.5, 0.6) is 0 Å². The van der Waals surface area contributed by atoms with Gasteiger partial charge in [-0.3, -0.25) is 0 Å². The molecule has 0 unspecified atom stereocenters. The quantitative estimate of drug-likeness (QED) is 0.801. The van der Waals surface area contributed by atoms with E-state index in [1.165, 1.54) is 10.4 Å². The van der Waals surface area contributed by atoms with E-state index in [0.717, 1.165) is 5.56 Å². The maximum atomic E-state index is 12.5. The van der Waals surface area contributed by atoms with Crippen molar-refractivity contribution in [1.82, 2.24) is 4.31 Å². The third kappa shape index (κ3) is 3.92. The van der Waals surface area contributed by atoms with Crippen LogP contribution in [0.4, 0.5) is 5.69 Å². The lowest BCUT2D eigenvalue weighted by molar-refractivity contribution is 0.0601. The third-order valence-corrected chi connectivity index (χ3v) is 4.69. The first-order valence-electron chi connectivity index (χ1n) is 6.16. The average molecular weight is 286 g/mol. The number of nitrogens with zero attached hydrogens (tertiary/aromatic N) is 1. The number of aryl methyl sites for hydroxylation is 1. The first-order valence-corrected chi connectivity index (χ1v) is 7.60. The molecule has 0 heterocycles. The molecule has 6 heteroatoms. The van der Waals surface area contributed by atoms with Crippen LogP contribution < -0.4 is 5.73 Å². The molecule has 0 saturated heterocycles. The maximum absolute atomic E-state index is 12.5. The van der Waals surface area contributed by atoms with Crippen LogP contribution in [0, 0.1) is 6.92 Å². The predicted molar refractivity (Wildman–Crippen MR) is 76.3 cm³/mol. The number of anilines is 1. The number of rotatable bonds is 5. The van der Waals surface area contributed by atoms with Crippen LogP contribution in [0.15, 0.2) is 23.1 Å². The van der Waals surface area contributed by atoms with Crippen molar-refractivity contribution in [3.05, 3.63) is 23.8 Å². The van der Waals surface area contributed by atoms with Crippen molar-refractivity contribution in [1.29, 1.82) is 0 Å². The molecule has 0 aliphatic carbocycles. The van der Waals surface area contributed by atoms with Gasteiger partial charge in [0.25, 0.3) is 0 Å². The van der Waals surface area contributed by atoms with Crippen LogP contribution in [0.3, 0.4) is 0 Å². The van der Waals surface area contributed by atoms with Gasteiger partial charge in [-0.2, -0.15) is 4.31 Å². The summed E-state index contributed by atoms with van der Waals surface area (Å²) < 4.78 is 26.2. The van der Waals surface area contributed by atoms with Gasteiger partial charge in [0.1, 0.15) is 4.90 Å². The molecule has 0 saturated carbocycles. The van der Waals surface area contributed by atoms with E-state index in [1.54, 1.807) is 32.9 Å². The Morgan fingerprint density at radius 1 is 1.37 bits per heavy atom. The molecular weight excluding hydrogens is 264 g/mol. The summed E-state index contributed by atoms with van der Waals surface area (Å²) in [4.78, 5) is 0.0872. The van der Waals surface area contributed by atoms with Gasteiger partial charge in [0.05, 0.1) is 11.3 Å². The van der Waals surface area contributed by atoms with Gasteiger partial charge in [0, 0.05) is 13.1 Å². The Labute approximate surface area is 115 Å². The number of aliphatic hydroxyl groups is 1. The van der Waals surface area contributed by atoms with E-state index in [2.05, 4.69) is 0 Å². The summed E-state index contributed by atoms with van der Waals surface area (Å²) in [6, 6.07) is 4.85. The monoisotopic (exact) mass is 286 g/mol. The highest BCUT2D eigenvalue weighted by Crippen LogP contribution is 2.24. The smallest absolute Gasteiger partial charge is 0.245 e. The Bertz CT molecular complexity index is 547. The van der Waals surface area contributed by atoms with Crippen LogP contribution in [0.1, 0.15) is 26.3 Å². The van der Waals surface area contributed by atoms with Gasteiger partial charge in [-0.25, -0.2) is 8.42 Å². The Kier molecular flexibility index (Phi) is 4.60. The molecule has 0 bridgehead atoms. The number of likely N-dealkylation sites (N-methyl/N-ethyl adjacent to an activating group) is 1. The summed E-state index contributed by atoms with van der Waals surface area (Å²) in [6.07, 6.45) is 0. The lowest BCUT2D eigenvalue weighted by Gasteiger charge is -2.27. The van der Waals surface area contributed by atoms with Gasteiger partial charge >= 0.3 is 0 Å². The van der Waals surface area contributed by atoms with E-state index < -0.39 is 15.6 Å². The summed E-state index contributed by atoms with van der Waals surface area (Å²) in [7, 11) is -3.68. The van der Waals surface area contributed by atoms with Crippen molar-refractivity contribution in [2.24, 2.45) is 0 Å². The Hall–Kier alpha value is -1.11. The highest BCUT2D eigenvalue weighted by atomic mass is 32.2. The zero-order valence-electron chi connectivity index (χ0n) is 11.8. The molecule has 19 heavy (non-hydrogen) atoms. The van der Waals surface area contributed by atoms with Crippen molar-refractivity contribution in [2.45, 2.75) is 38.2 Å². The largest absolute Gasteiger partial charge is 0.398 e. The minimum absolute atomic E-state index is 0.0269. The van der Waals surface area contributed by atoms with E-state index in [1.807, 2.05) is 6.92 Å². The summed E-state index contributed by atoms with van der Waals surface area (Å²) in [5.74, 6) is 0. The fraction of sp³-hybridized carbons (Fsp3) is 0.538. The standard InChI is InChI=1S/C13H22N2O3S/c1-5-15(9-13(3,4)16)19(17,18)12-7-6-10(2)8-11(12)14/h6-8,16H,5,9,14H2,1-4H3. The van der Waals surface area contributed by atoms with Crippen LogP contribution >= 0.6 is 0 Å². The molecular formula is C13H22N2O3S. The van der Waals surface area contributed by atoms with Gasteiger partial charge in [-0.1, -0.05) is 13.0 Å². The van der Waals surface area contributed by atoms with Crippen molar-refractivity contribution in [2.75, 3.05) is 18.8 Å². The van der Waals surface area contributed by atoms with E-state index in [4.69, 9.17) is 5.73 Å². The number of nitrogen functional groups attached to an aromatic ring is 1. The summed E-state index contributed by atoms with van der Waals surface area (Å²) >= 11 is 0. The topological polar surface area (TPSA) is 83.6 Å². The van der Waals surface area contributed by atoms with Gasteiger partial charge in [-0.15, -0.1) is 0 Å². The number of nitrogens with two attached hydrogens (primary N) is 1. The van der Waals surface area contributed by atoms with Crippen LogP contribution in [0.25, 0.3) is 0 Å². The SMILES string of the molecule is CCN(CC(C)(C)O)S(=O)(=O)c1ccc(C)cc1N. The maximum Gasteiger partial charge on any atom is 0.245 e. The van der Waals surface area contributed by atoms with E-state index in [9.17, 15) is 13.5 Å². The molecule has 0 aliphatic heterocycles. The molecule has 5 nitrogen and oxygen atoms in total. The molecule has 1 aromatic rings. The minimum Gasteiger partial charge on any atom is -0.398 e. The molecule has 0 spiro atoms. The number of hydrogen-bond donors (Lipinski definition) is 2. The second-order valence-corrected chi connectivity index (χ2v) is 7.19. The fourth-order valence-electron chi connectivity index (χ4n) is 1.84. The van der Waals surface area contributed by atoms with Crippen molar-refractivity contribution >= 4 is 15.7 Å². The van der Waals surface area contributed by atoms with Crippen molar-refractivity contribution in [3.8, 4) is 0 Å². The van der Waals surface area contributed by atoms with Gasteiger partial charge in [0.15, 0.2) is 0 Å². The van der Waals surface area contributed by atoms with Crippen LogP contribution in [-0.2, 0) is 10.0 Å². The van der Waals surface area contributed by atoms with E-state index >= 15 is 0 Å². The second kappa shape index (κ2) is 5.48. The van der Waals surface area contributed by atoms with Gasteiger partial charge < -0.3 is 10.8 Å². The third-order valence-electron chi connectivity index (χ3n) is 2.70.